The molecular weight excluding hydrogens is 380 g/mol. The first-order valence-electron chi connectivity index (χ1n) is 9.28. The van der Waals surface area contributed by atoms with Gasteiger partial charge in [0, 0.05) is 12.0 Å². The van der Waals surface area contributed by atoms with Gasteiger partial charge in [0.1, 0.15) is 11.8 Å². The minimum Gasteiger partial charge on any atom is -0.497 e. The van der Waals surface area contributed by atoms with Crippen LogP contribution < -0.4 is 10.1 Å². The monoisotopic (exact) mass is 400 g/mol. The molecule has 1 unspecified atom stereocenters. The van der Waals surface area contributed by atoms with Crippen LogP contribution in [0.5, 0.6) is 5.75 Å². The van der Waals surface area contributed by atoms with E-state index < -0.39 is 17.9 Å². The lowest BCUT2D eigenvalue weighted by atomic mass is 9.97. The van der Waals surface area contributed by atoms with Gasteiger partial charge in [0.15, 0.2) is 0 Å². The number of hydrogen-bond donors (Lipinski definition) is 2. The van der Waals surface area contributed by atoms with Gasteiger partial charge in [-0.1, -0.05) is 42.5 Å². The molecule has 30 heavy (non-hydrogen) atoms. The van der Waals surface area contributed by atoms with E-state index in [9.17, 15) is 20.0 Å². The van der Waals surface area contributed by atoms with Crippen LogP contribution in [0.25, 0.3) is 11.1 Å². The summed E-state index contributed by atoms with van der Waals surface area (Å²) in [4.78, 5) is 24.1. The molecule has 0 spiro atoms. The first-order chi connectivity index (χ1) is 14.5. The number of carboxylic acid groups (broad SMARTS) is 1. The molecule has 2 N–H and O–H groups in total. The number of rotatable bonds is 7. The second kappa shape index (κ2) is 9.39. The lowest BCUT2D eigenvalue weighted by Crippen LogP contribution is -2.42. The van der Waals surface area contributed by atoms with Crippen molar-refractivity contribution in [1.29, 1.82) is 5.26 Å². The summed E-state index contributed by atoms with van der Waals surface area (Å²) in [5.74, 6) is -0.972. The van der Waals surface area contributed by atoms with Gasteiger partial charge in [0.2, 0.25) is 0 Å². The van der Waals surface area contributed by atoms with Crippen LogP contribution in [0.2, 0.25) is 0 Å². The van der Waals surface area contributed by atoms with Crippen LogP contribution in [0.4, 0.5) is 0 Å². The number of benzene rings is 3. The van der Waals surface area contributed by atoms with Gasteiger partial charge in [-0.2, -0.15) is 5.26 Å². The predicted octanol–water partition coefficient (Wildman–Crippen LogP) is 3.66. The summed E-state index contributed by atoms with van der Waals surface area (Å²) >= 11 is 0. The normalized spacial score (nSPS) is 11.2. The van der Waals surface area contributed by atoms with Crippen LogP contribution in [-0.4, -0.2) is 30.1 Å². The van der Waals surface area contributed by atoms with Gasteiger partial charge in [-0.3, -0.25) is 4.79 Å². The van der Waals surface area contributed by atoms with Gasteiger partial charge in [-0.05, 0) is 47.0 Å². The third kappa shape index (κ3) is 4.83. The summed E-state index contributed by atoms with van der Waals surface area (Å²) < 4.78 is 5.06. The van der Waals surface area contributed by atoms with Crippen LogP contribution in [0.3, 0.4) is 0 Å². The van der Waals surface area contributed by atoms with Crippen molar-refractivity contribution in [2.24, 2.45) is 0 Å². The van der Waals surface area contributed by atoms with Crippen molar-refractivity contribution in [2.75, 3.05) is 7.11 Å². The van der Waals surface area contributed by atoms with Crippen molar-refractivity contribution in [3.63, 3.8) is 0 Å². The van der Waals surface area contributed by atoms with Gasteiger partial charge >= 0.3 is 5.97 Å². The van der Waals surface area contributed by atoms with Gasteiger partial charge < -0.3 is 15.2 Å². The molecule has 6 nitrogen and oxygen atoms in total. The van der Waals surface area contributed by atoms with Crippen molar-refractivity contribution >= 4 is 11.9 Å². The summed E-state index contributed by atoms with van der Waals surface area (Å²) in [6.45, 7) is 0. The van der Waals surface area contributed by atoms with E-state index >= 15 is 0 Å². The first-order valence-corrected chi connectivity index (χ1v) is 9.28. The van der Waals surface area contributed by atoms with E-state index in [2.05, 4.69) is 11.4 Å². The van der Waals surface area contributed by atoms with Gasteiger partial charge in [0.25, 0.3) is 5.91 Å². The quantitative estimate of drug-likeness (QED) is 0.631. The number of nitriles is 1. The van der Waals surface area contributed by atoms with Gasteiger partial charge in [0.05, 0.1) is 18.7 Å². The molecule has 3 aromatic rings. The molecule has 3 aromatic carbocycles. The van der Waals surface area contributed by atoms with E-state index in [0.717, 1.165) is 16.7 Å². The Hall–Kier alpha value is -4.11. The SMILES string of the molecule is COc1ccc(C(=O)NC(Cc2ccc(-c3ccccc3C#N)cc2)C(=O)O)cc1. The Morgan fingerprint density at radius 2 is 1.70 bits per heavy atom. The Morgan fingerprint density at radius 3 is 2.30 bits per heavy atom. The zero-order valence-electron chi connectivity index (χ0n) is 16.3. The number of nitrogens with one attached hydrogen (secondary N) is 1. The topological polar surface area (TPSA) is 99.4 Å². The summed E-state index contributed by atoms with van der Waals surface area (Å²) in [6, 6.07) is 22.1. The number of amides is 1. The lowest BCUT2D eigenvalue weighted by Gasteiger charge is -2.15. The highest BCUT2D eigenvalue weighted by molar-refractivity contribution is 5.96. The van der Waals surface area contributed by atoms with E-state index in [1.807, 2.05) is 24.3 Å². The average molecular weight is 400 g/mol. The molecule has 0 aliphatic carbocycles. The minimum absolute atomic E-state index is 0.136. The molecule has 1 amide bonds. The highest BCUT2D eigenvalue weighted by Gasteiger charge is 2.21. The Morgan fingerprint density at radius 1 is 1.03 bits per heavy atom. The Balaban J connectivity index is 1.72. The van der Waals surface area contributed by atoms with Crippen molar-refractivity contribution < 1.29 is 19.4 Å². The largest absolute Gasteiger partial charge is 0.497 e. The van der Waals surface area contributed by atoms with Crippen molar-refractivity contribution in [1.82, 2.24) is 5.32 Å². The molecule has 6 heteroatoms. The highest BCUT2D eigenvalue weighted by Crippen LogP contribution is 2.24. The van der Waals surface area contributed by atoms with Crippen LogP contribution in [0.15, 0.2) is 72.8 Å². The second-order valence-electron chi connectivity index (χ2n) is 6.65. The number of hydrogen-bond acceptors (Lipinski definition) is 4. The number of nitrogens with zero attached hydrogens (tertiary/aromatic N) is 1. The maximum atomic E-state index is 12.4. The molecule has 0 aromatic heterocycles. The minimum atomic E-state index is -1.12. The third-order valence-electron chi connectivity index (χ3n) is 4.71. The van der Waals surface area contributed by atoms with Crippen molar-refractivity contribution in [2.45, 2.75) is 12.5 Å². The summed E-state index contributed by atoms with van der Waals surface area (Å²) in [6.07, 6.45) is 0.136. The maximum absolute atomic E-state index is 12.4. The summed E-state index contributed by atoms with van der Waals surface area (Å²) in [7, 11) is 1.53. The van der Waals surface area contributed by atoms with Crippen LogP contribution >= 0.6 is 0 Å². The van der Waals surface area contributed by atoms with E-state index in [1.165, 1.54) is 7.11 Å². The molecule has 0 heterocycles. The highest BCUT2D eigenvalue weighted by atomic mass is 16.5. The molecular formula is C24H20N2O4. The van der Waals surface area contributed by atoms with E-state index in [4.69, 9.17) is 4.74 Å². The first kappa shape index (κ1) is 20.6. The number of carboxylic acids is 1. The molecule has 150 valence electrons. The molecule has 3 rings (SSSR count). The van der Waals surface area contributed by atoms with E-state index in [1.54, 1.807) is 48.5 Å². The van der Waals surface area contributed by atoms with E-state index in [0.29, 0.717) is 16.9 Å². The number of carbonyl (C=O) groups excluding carboxylic acids is 1. The fourth-order valence-corrected chi connectivity index (χ4v) is 3.07. The molecule has 0 fully saturated rings. The zero-order chi connectivity index (χ0) is 21.5. The van der Waals surface area contributed by atoms with Crippen LogP contribution in [-0.2, 0) is 11.2 Å². The van der Waals surface area contributed by atoms with Crippen LogP contribution in [0.1, 0.15) is 21.5 Å². The second-order valence-corrected chi connectivity index (χ2v) is 6.65. The Kier molecular flexibility index (Phi) is 6.46. The number of methoxy groups -OCH3 is 1. The molecule has 1 atom stereocenters. The molecule has 0 aliphatic rings. The van der Waals surface area contributed by atoms with Crippen molar-refractivity contribution in [3.05, 3.63) is 89.5 Å². The number of carbonyl (C=O) groups is 2. The predicted molar refractivity (Wildman–Crippen MR) is 112 cm³/mol. The average Bonchev–Trinajstić information content (AvgIpc) is 2.79. The maximum Gasteiger partial charge on any atom is 0.326 e. The van der Waals surface area contributed by atoms with E-state index in [-0.39, 0.29) is 6.42 Å². The van der Waals surface area contributed by atoms with Crippen LogP contribution in [0, 0.1) is 11.3 Å². The molecule has 0 saturated heterocycles. The fourth-order valence-electron chi connectivity index (χ4n) is 3.07. The lowest BCUT2D eigenvalue weighted by molar-refractivity contribution is -0.139. The molecule has 0 bridgehead atoms. The Labute approximate surface area is 174 Å². The summed E-state index contributed by atoms with van der Waals surface area (Å²) in [5.41, 5.74) is 3.36. The molecule has 0 radical (unpaired) electrons. The molecule has 0 aliphatic heterocycles. The summed E-state index contributed by atoms with van der Waals surface area (Å²) in [5, 5.41) is 21.4. The number of ether oxygens (including phenoxy) is 1. The molecule has 0 saturated carbocycles. The standard InChI is InChI=1S/C24H20N2O4/c1-30-20-12-10-18(11-13-20)23(27)26-22(24(28)29)14-16-6-8-17(9-7-16)21-5-3-2-4-19(21)15-25/h2-13,22H,14H2,1H3,(H,26,27)(H,28,29). The fraction of sp³-hybridized carbons (Fsp3) is 0.125. The number of aliphatic carboxylic acids is 1. The van der Waals surface area contributed by atoms with Gasteiger partial charge in [-0.25, -0.2) is 4.79 Å². The van der Waals surface area contributed by atoms with Gasteiger partial charge in [-0.15, -0.1) is 0 Å². The Bertz CT molecular complexity index is 1080. The zero-order valence-corrected chi connectivity index (χ0v) is 16.3. The third-order valence-corrected chi connectivity index (χ3v) is 4.71. The smallest absolute Gasteiger partial charge is 0.326 e. The van der Waals surface area contributed by atoms with Crippen molar-refractivity contribution in [3.8, 4) is 22.9 Å².